The van der Waals surface area contributed by atoms with Gasteiger partial charge < -0.3 is 19.7 Å². The Morgan fingerprint density at radius 1 is 1.00 bits per heavy atom. The molecule has 0 aromatic carbocycles. The standard InChI is InChI=1S/C33H50O7/c1-8-10-12-14-25(35)39-29-21(4)31(7)23(17-22(19-34)18-32(38)24(31)16-20(3)28(32)37)27-30(5,6)33(27,29)40-26(36)15-13-11-9-2/h16-17,21,23-24,27,29,34,38H,8-15,18-19H2,1-7H3/t21-,23+,24+,27+,29-,31+,32-,33-/m1/s1. The summed E-state index contributed by atoms with van der Waals surface area (Å²) < 4.78 is 12.8. The zero-order valence-electron chi connectivity index (χ0n) is 25.5. The molecule has 4 aliphatic carbocycles. The van der Waals surface area contributed by atoms with Crippen molar-refractivity contribution in [2.24, 2.45) is 34.5 Å². The van der Waals surface area contributed by atoms with Crippen LogP contribution in [0.2, 0.25) is 0 Å². The predicted octanol–water partition coefficient (Wildman–Crippen LogP) is 5.47. The number of hydrogen-bond acceptors (Lipinski definition) is 7. The van der Waals surface area contributed by atoms with E-state index in [0.717, 1.165) is 38.5 Å². The van der Waals surface area contributed by atoms with Crippen LogP contribution in [0.1, 0.15) is 106 Å². The van der Waals surface area contributed by atoms with Crippen molar-refractivity contribution in [2.45, 2.75) is 124 Å². The molecule has 0 heterocycles. The molecule has 0 aromatic heterocycles. The molecule has 0 bridgehead atoms. The molecule has 0 radical (unpaired) electrons. The van der Waals surface area contributed by atoms with Crippen LogP contribution in [0.4, 0.5) is 0 Å². The maximum atomic E-state index is 13.4. The third kappa shape index (κ3) is 4.50. The van der Waals surface area contributed by atoms with E-state index >= 15 is 0 Å². The lowest BCUT2D eigenvalue weighted by Gasteiger charge is -2.54. The molecule has 0 amide bonds. The molecule has 2 fully saturated rings. The number of Topliss-reactive ketones (excluding diaryl/α,β-unsaturated/α-hetero) is 1. The maximum absolute atomic E-state index is 13.4. The van der Waals surface area contributed by atoms with Crippen LogP contribution < -0.4 is 0 Å². The van der Waals surface area contributed by atoms with Crippen LogP contribution in [0, 0.1) is 34.5 Å². The van der Waals surface area contributed by atoms with Gasteiger partial charge in [-0.15, -0.1) is 0 Å². The number of carbonyl (C=O) groups is 3. The summed E-state index contributed by atoms with van der Waals surface area (Å²) in [7, 11) is 0. The molecule has 0 unspecified atom stereocenters. The Hall–Kier alpha value is -1.99. The van der Waals surface area contributed by atoms with Crippen molar-refractivity contribution in [3.63, 3.8) is 0 Å². The van der Waals surface area contributed by atoms with Crippen molar-refractivity contribution in [3.05, 3.63) is 23.3 Å². The predicted molar refractivity (Wildman–Crippen MR) is 152 cm³/mol. The summed E-state index contributed by atoms with van der Waals surface area (Å²) in [6.45, 7) is 13.9. The van der Waals surface area contributed by atoms with Gasteiger partial charge in [-0.2, -0.15) is 0 Å². The smallest absolute Gasteiger partial charge is 0.306 e. The van der Waals surface area contributed by atoms with Gasteiger partial charge in [0.2, 0.25) is 0 Å². The Balaban J connectivity index is 1.82. The monoisotopic (exact) mass is 558 g/mol. The highest BCUT2D eigenvalue weighted by Gasteiger charge is 2.87. The first kappa shape index (κ1) is 31.0. The highest BCUT2D eigenvalue weighted by molar-refractivity contribution is 6.04. The highest BCUT2D eigenvalue weighted by Crippen LogP contribution is 2.79. The Bertz CT molecular complexity index is 1090. The second-order valence-electron chi connectivity index (χ2n) is 13.7. The molecule has 0 spiro atoms. The van der Waals surface area contributed by atoms with Crippen molar-refractivity contribution in [3.8, 4) is 0 Å². The summed E-state index contributed by atoms with van der Waals surface area (Å²) in [5, 5.41) is 22.3. The summed E-state index contributed by atoms with van der Waals surface area (Å²) >= 11 is 0. The second kappa shape index (κ2) is 11.0. The molecule has 2 saturated carbocycles. The van der Waals surface area contributed by atoms with Gasteiger partial charge in [-0.05, 0) is 42.2 Å². The highest BCUT2D eigenvalue weighted by atomic mass is 16.6. The van der Waals surface area contributed by atoms with Crippen molar-refractivity contribution in [1.29, 1.82) is 0 Å². The zero-order valence-corrected chi connectivity index (χ0v) is 25.5. The average molecular weight is 559 g/mol. The van der Waals surface area contributed by atoms with E-state index in [0.29, 0.717) is 24.0 Å². The van der Waals surface area contributed by atoms with Crippen molar-refractivity contribution in [1.82, 2.24) is 0 Å². The number of rotatable bonds is 11. The molecule has 224 valence electrons. The van der Waals surface area contributed by atoms with Crippen LogP contribution >= 0.6 is 0 Å². The van der Waals surface area contributed by atoms with Gasteiger partial charge in [0.05, 0.1) is 6.61 Å². The molecule has 7 nitrogen and oxygen atoms in total. The van der Waals surface area contributed by atoms with Crippen LogP contribution in [0.3, 0.4) is 0 Å². The fraction of sp³-hybridized carbons (Fsp3) is 0.788. The van der Waals surface area contributed by atoms with Gasteiger partial charge in [0.1, 0.15) is 11.7 Å². The lowest BCUT2D eigenvalue weighted by atomic mass is 9.52. The number of esters is 2. The van der Waals surface area contributed by atoms with Gasteiger partial charge in [0.15, 0.2) is 11.4 Å². The molecule has 40 heavy (non-hydrogen) atoms. The number of allylic oxidation sites excluding steroid dienone is 1. The summed E-state index contributed by atoms with van der Waals surface area (Å²) in [4.78, 5) is 39.9. The lowest BCUT2D eigenvalue weighted by Crippen LogP contribution is -2.61. The van der Waals surface area contributed by atoms with E-state index in [1.165, 1.54) is 0 Å². The van der Waals surface area contributed by atoms with Gasteiger partial charge in [-0.25, -0.2) is 0 Å². The minimum absolute atomic E-state index is 0.0536. The first-order valence-electron chi connectivity index (χ1n) is 15.4. The topological polar surface area (TPSA) is 110 Å². The molecule has 0 aromatic rings. The Morgan fingerprint density at radius 3 is 2.17 bits per heavy atom. The van der Waals surface area contributed by atoms with Gasteiger partial charge in [0.25, 0.3) is 0 Å². The normalized spacial score (nSPS) is 39.2. The molecular formula is C33H50O7. The zero-order chi connectivity index (χ0) is 29.7. The lowest BCUT2D eigenvalue weighted by molar-refractivity contribution is -0.206. The number of hydrogen-bond donors (Lipinski definition) is 2. The number of ether oxygens (including phenoxy) is 2. The van der Waals surface area contributed by atoms with Crippen molar-refractivity contribution < 1.29 is 34.1 Å². The van der Waals surface area contributed by atoms with E-state index in [1.807, 2.05) is 19.1 Å². The van der Waals surface area contributed by atoms with E-state index in [2.05, 4.69) is 34.6 Å². The Morgan fingerprint density at radius 2 is 1.60 bits per heavy atom. The molecular weight excluding hydrogens is 508 g/mol. The Labute approximate surface area is 239 Å². The summed E-state index contributed by atoms with van der Waals surface area (Å²) in [5.41, 5.74) is -2.81. The number of ketones is 1. The minimum Gasteiger partial charge on any atom is -0.458 e. The first-order chi connectivity index (χ1) is 18.8. The molecule has 0 aliphatic heterocycles. The molecule has 7 heteroatoms. The van der Waals surface area contributed by atoms with E-state index < -0.39 is 34.1 Å². The second-order valence-corrected chi connectivity index (χ2v) is 13.7. The maximum Gasteiger partial charge on any atom is 0.306 e. The third-order valence-electron chi connectivity index (χ3n) is 11.1. The van der Waals surface area contributed by atoms with Crippen LogP contribution in [0.25, 0.3) is 0 Å². The largest absolute Gasteiger partial charge is 0.458 e. The SMILES string of the molecule is CCCCCC(=O)O[C@@H]1[C@@H](C)[C@@]2(C)[C@@H](C=C(CO)C[C@]3(O)C(=O)C(C)=C[C@@H]23)[C@H]2C(C)(C)[C@]12OC(=O)CCCCC. The molecule has 2 N–H and O–H groups in total. The van der Waals surface area contributed by atoms with Crippen molar-refractivity contribution >= 4 is 17.7 Å². The van der Waals surface area contributed by atoms with Gasteiger partial charge >= 0.3 is 11.9 Å². The van der Waals surface area contributed by atoms with E-state index in [9.17, 15) is 24.6 Å². The number of carbonyl (C=O) groups excluding carboxylic acids is 3. The fourth-order valence-corrected chi connectivity index (χ4v) is 8.70. The number of fused-ring (bicyclic) bond motifs is 5. The summed E-state index contributed by atoms with van der Waals surface area (Å²) in [6.07, 6.45) is 9.16. The van der Waals surface area contributed by atoms with Crippen LogP contribution in [-0.2, 0) is 23.9 Å². The van der Waals surface area contributed by atoms with E-state index in [1.54, 1.807) is 6.92 Å². The van der Waals surface area contributed by atoms with E-state index in [-0.39, 0.29) is 48.5 Å². The number of unbranched alkanes of at least 4 members (excludes halogenated alkanes) is 4. The van der Waals surface area contributed by atoms with Crippen LogP contribution in [0.5, 0.6) is 0 Å². The van der Waals surface area contributed by atoms with Crippen LogP contribution in [-0.4, -0.2) is 51.8 Å². The van der Waals surface area contributed by atoms with Crippen molar-refractivity contribution in [2.75, 3.05) is 6.61 Å². The van der Waals surface area contributed by atoms with Gasteiger partial charge in [0, 0.05) is 42.4 Å². The summed E-state index contributed by atoms with van der Waals surface area (Å²) in [6, 6.07) is 0. The van der Waals surface area contributed by atoms with E-state index in [4.69, 9.17) is 9.47 Å². The molecule has 8 atom stereocenters. The summed E-state index contributed by atoms with van der Waals surface area (Å²) in [5.74, 6) is -2.22. The number of aliphatic hydroxyl groups excluding tert-OH is 1. The molecule has 4 rings (SSSR count). The van der Waals surface area contributed by atoms with Crippen LogP contribution in [0.15, 0.2) is 23.3 Å². The minimum atomic E-state index is -1.68. The molecule has 4 aliphatic rings. The average Bonchev–Trinajstić information content (AvgIpc) is 3.32. The third-order valence-corrected chi connectivity index (χ3v) is 11.1. The number of aliphatic hydroxyl groups is 2. The van der Waals surface area contributed by atoms with Gasteiger partial charge in [-0.3, -0.25) is 14.4 Å². The molecule has 0 saturated heterocycles. The Kier molecular flexibility index (Phi) is 8.52. The fourth-order valence-electron chi connectivity index (χ4n) is 8.70. The first-order valence-corrected chi connectivity index (χ1v) is 15.4. The van der Waals surface area contributed by atoms with Gasteiger partial charge in [-0.1, -0.05) is 79.4 Å². The quantitative estimate of drug-likeness (QED) is 0.197.